The van der Waals surface area contributed by atoms with Crippen molar-refractivity contribution in [2.24, 2.45) is 0 Å². The van der Waals surface area contributed by atoms with Crippen LogP contribution in [0.3, 0.4) is 0 Å². The largest absolute Gasteiger partial charge is 0.495 e. The number of hydrogen-bond acceptors (Lipinski definition) is 5. The summed E-state index contributed by atoms with van der Waals surface area (Å²) in [4.78, 5) is 29.2. The molecule has 0 unspecified atom stereocenters. The maximum atomic E-state index is 14.2. The van der Waals surface area contributed by atoms with E-state index in [1.54, 1.807) is 43.3 Å². The van der Waals surface area contributed by atoms with Gasteiger partial charge >= 0.3 is 0 Å². The number of methoxy groups -OCH3 is 1. The van der Waals surface area contributed by atoms with Crippen LogP contribution in [0.4, 0.5) is 5.69 Å². The normalized spacial score (nSPS) is 14.6. The van der Waals surface area contributed by atoms with Crippen LogP contribution in [0.15, 0.2) is 77.7 Å². The molecular formula is C33H41N3O5S. The van der Waals surface area contributed by atoms with Gasteiger partial charge in [0.2, 0.25) is 11.8 Å². The molecular weight excluding hydrogens is 550 g/mol. The molecule has 9 heteroatoms. The number of hydrogen-bond donors (Lipinski definition) is 1. The molecule has 42 heavy (non-hydrogen) atoms. The summed E-state index contributed by atoms with van der Waals surface area (Å²) in [6, 6.07) is 20.1. The first-order chi connectivity index (χ1) is 20.1. The Hall–Kier alpha value is -3.85. The molecule has 4 rings (SSSR count). The fourth-order valence-corrected chi connectivity index (χ4v) is 6.73. The van der Waals surface area contributed by atoms with Crippen molar-refractivity contribution in [3.8, 4) is 5.75 Å². The van der Waals surface area contributed by atoms with E-state index in [0.717, 1.165) is 53.1 Å². The van der Waals surface area contributed by atoms with E-state index in [-0.39, 0.29) is 29.1 Å². The first-order valence-electron chi connectivity index (χ1n) is 14.5. The lowest BCUT2D eigenvalue weighted by Gasteiger charge is -2.33. The maximum Gasteiger partial charge on any atom is 0.264 e. The van der Waals surface area contributed by atoms with Crippen molar-refractivity contribution in [3.05, 3.63) is 89.5 Å². The van der Waals surface area contributed by atoms with Gasteiger partial charge in [0.05, 0.1) is 17.7 Å². The third-order valence-electron chi connectivity index (χ3n) is 7.96. The summed E-state index contributed by atoms with van der Waals surface area (Å²) in [6.07, 6.45) is 5.13. The lowest BCUT2D eigenvalue weighted by Crippen LogP contribution is -2.53. The zero-order valence-corrected chi connectivity index (χ0v) is 25.7. The van der Waals surface area contributed by atoms with Crippen molar-refractivity contribution >= 4 is 27.5 Å². The zero-order chi connectivity index (χ0) is 30.3. The van der Waals surface area contributed by atoms with Gasteiger partial charge in [0.15, 0.2) is 0 Å². The van der Waals surface area contributed by atoms with Gasteiger partial charge in [0.25, 0.3) is 10.0 Å². The Labute approximate surface area is 249 Å². The van der Waals surface area contributed by atoms with Crippen LogP contribution in [-0.4, -0.2) is 50.9 Å². The van der Waals surface area contributed by atoms with Crippen molar-refractivity contribution in [3.63, 3.8) is 0 Å². The molecule has 1 aliphatic rings. The molecule has 1 saturated carbocycles. The minimum Gasteiger partial charge on any atom is -0.495 e. The van der Waals surface area contributed by atoms with Gasteiger partial charge in [-0.15, -0.1) is 0 Å². The van der Waals surface area contributed by atoms with E-state index in [1.165, 1.54) is 24.1 Å². The second-order valence-corrected chi connectivity index (χ2v) is 12.8. The third-order valence-corrected chi connectivity index (χ3v) is 9.74. The highest BCUT2D eigenvalue weighted by Gasteiger charge is 2.34. The molecule has 1 N–H and O–H groups in total. The number of para-hydroxylation sites is 2. The van der Waals surface area contributed by atoms with Gasteiger partial charge in [0.1, 0.15) is 18.3 Å². The summed E-state index contributed by atoms with van der Waals surface area (Å²) in [7, 11) is -2.72. The molecule has 0 heterocycles. The minimum atomic E-state index is -4.18. The molecule has 3 aromatic carbocycles. The number of anilines is 1. The summed E-state index contributed by atoms with van der Waals surface area (Å²) in [5.41, 5.74) is 3.01. The quantitative estimate of drug-likeness (QED) is 0.323. The first-order valence-corrected chi connectivity index (χ1v) is 15.9. The van der Waals surface area contributed by atoms with E-state index in [1.807, 2.05) is 38.1 Å². The predicted octanol–water partition coefficient (Wildman–Crippen LogP) is 5.37. The van der Waals surface area contributed by atoms with Gasteiger partial charge in [-0.1, -0.05) is 73.4 Å². The van der Waals surface area contributed by atoms with Gasteiger partial charge in [-0.3, -0.25) is 13.9 Å². The lowest BCUT2D eigenvalue weighted by molar-refractivity contribution is -0.139. The Morgan fingerprint density at radius 1 is 0.929 bits per heavy atom. The number of ether oxygens (including phenoxy) is 1. The molecule has 0 spiro atoms. The molecule has 0 radical (unpaired) electrons. The Bertz CT molecular complexity index is 1480. The topological polar surface area (TPSA) is 96.0 Å². The van der Waals surface area contributed by atoms with Crippen molar-refractivity contribution in [2.75, 3.05) is 18.0 Å². The molecule has 1 aliphatic carbocycles. The highest BCUT2D eigenvalue weighted by molar-refractivity contribution is 7.92. The van der Waals surface area contributed by atoms with Crippen molar-refractivity contribution in [2.45, 2.75) is 76.4 Å². The summed E-state index contributed by atoms with van der Waals surface area (Å²) < 4.78 is 34.7. The summed E-state index contributed by atoms with van der Waals surface area (Å²) >= 11 is 0. The van der Waals surface area contributed by atoms with Crippen LogP contribution >= 0.6 is 0 Å². The smallest absolute Gasteiger partial charge is 0.264 e. The van der Waals surface area contributed by atoms with Crippen LogP contribution in [-0.2, 0) is 26.2 Å². The van der Waals surface area contributed by atoms with Crippen LogP contribution in [0.25, 0.3) is 0 Å². The Morgan fingerprint density at radius 2 is 1.57 bits per heavy atom. The molecule has 0 aromatic heterocycles. The van der Waals surface area contributed by atoms with Crippen LogP contribution < -0.4 is 14.4 Å². The van der Waals surface area contributed by atoms with E-state index < -0.39 is 28.5 Å². The number of carbonyl (C=O) groups is 2. The minimum absolute atomic E-state index is 0.0559. The fraction of sp³-hybridized carbons (Fsp3) is 0.394. The van der Waals surface area contributed by atoms with Crippen molar-refractivity contribution in [1.82, 2.24) is 10.2 Å². The predicted molar refractivity (Wildman–Crippen MR) is 165 cm³/mol. The lowest BCUT2D eigenvalue weighted by atomic mass is 9.95. The Morgan fingerprint density at radius 3 is 2.24 bits per heavy atom. The summed E-state index contributed by atoms with van der Waals surface area (Å²) in [6.45, 7) is 5.18. The average Bonchev–Trinajstić information content (AvgIpc) is 2.99. The number of benzene rings is 3. The fourth-order valence-electron chi connectivity index (χ4n) is 5.31. The first kappa shape index (κ1) is 31.1. The molecule has 3 aromatic rings. The molecule has 224 valence electrons. The van der Waals surface area contributed by atoms with E-state index >= 15 is 0 Å². The molecule has 0 saturated heterocycles. The zero-order valence-electron chi connectivity index (χ0n) is 24.9. The number of sulfonamides is 1. The molecule has 1 fully saturated rings. The Balaban J connectivity index is 1.71. The molecule has 1 atom stereocenters. The van der Waals surface area contributed by atoms with Crippen LogP contribution in [0.5, 0.6) is 5.75 Å². The number of carbonyl (C=O) groups excluding carboxylic acids is 2. The van der Waals surface area contributed by atoms with Gasteiger partial charge in [-0.2, -0.15) is 0 Å². The molecule has 2 amide bonds. The van der Waals surface area contributed by atoms with Crippen molar-refractivity contribution < 1.29 is 22.7 Å². The number of amides is 2. The van der Waals surface area contributed by atoms with Gasteiger partial charge in [-0.25, -0.2) is 8.42 Å². The maximum absolute atomic E-state index is 14.2. The molecule has 8 nitrogen and oxygen atoms in total. The number of nitrogens with one attached hydrogen (secondary N) is 1. The van der Waals surface area contributed by atoms with Crippen molar-refractivity contribution in [1.29, 1.82) is 0 Å². The summed E-state index contributed by atoms with van der Waals surface area (Å²) in [5, 5.41) is 3.13. The number of nitrogens with zero attached hydrogens (tertiary/aromatic N) is 2. The highest BCUT2D eigenvalue weighted by atomic mass is 32.2. The Kier molecular flexibility index (Phi) is 10.3. The van der Waals surface area contributed by atoms with Gasteiger partial charge in [-0.05, 0) is 69.0 Å². The van der Waals surface area contributed by atoms with E-state index in [0.29, 0.717) is 5.75 Å². The summed E-state index contributed by atoms with van der Waals surface area (Å²) in [5.74, 6) is -0.422. The molecule has 0 bridgehead atoms. The highest BCUT2D eigenvalue weighted by Crippen LogP contribution is 2.32. The second-order valence-electron chi connectivity index (χ2n) is 11.0. The van der Waals surface area contributed by atoms with E-state index in [2.05, 4.69) is 5.32 Å². The van der Waals surface area contributed by atoms with Gasteiger partial charge < -0.3 is 15.0 Å². The van der Waals surface area contributed by atoms with Crippen LogP contribution in [0, 0.1) is 13.8 Å². The van der Waals surface area contributed by atoms with Crippen LogP contribution in [0.1, 0.15) is 55.7 Å². The standard InChI is InChI=1S/C33H41N3O5S/c1-24-18-20-29(21-19-24)42(39,40)36(30-16-10-11-17-31(30)41-4)23-32(37)35(22-27-13-9-8-12-25(27)2)26(3)33(38)34-28-14-6-5-7-15-28/h8-13,16-21,26,28H,5-7,14-15,22-23H2,1-4H3,(H,34,38)/t26-/m0/s1. The van der Waals surface area contributed by atoms with Gasteiger partial charge in [0, 0.05) is 12.6 Å². The van der Waals surface area contributed by atoms with E-state index in [4.69, 9.17) is 4.74 Å². The number of rotatable bonds is 11. The third kappa shape index (κ3) is 7.31. The second kappa shape index (κ2) is 13.9. The van der Waals surface area contributed by atoms with Crippen LogP contribution in [0.2, 0.25) is 0 Å². The monoisotopic (exact) mass is 591 g/mol. The average molecular weight is 592 g/mol. The van der Waals surface area contributed by atoms with E-state index in [9.17, 15) is 18.0 Å². The molecule has 0 aliphatic heterocycles. The number of aryl methyl sites for hydroxylation is 2. The SMILES string of the molecule is COc1ccccc1N(CC(=O)N(Cc1ccccc1C)[C@@H](C)C(=O)NC1CCCCC1)S(=O)(=O)c1ccc(C)cc1.